The summed E-state index contributed by atoms with van der Waals surface area (Å²) in [5, 5.41) is 11.4. The Morgan fingerprint density at radius 3 is 2.79 bits per heavy atom. The highest BCUT2D eigenvalue weighted by Crippen LogP contribution is 2.50. The van der Waals surface area contributed by atoms with Crippen molar-refractivity contribution in [3.8, 4) is 0 Å². The number of aryl methyl sites for hydroxylation is 2. The first-order chi connectivity index (χ1) is 13.8. The summed E-state index contributed by atoms with van der Waals surface area (Å²) in [5.41, 5.74) is 0.486. The molecule has 1 saturated carbocycles. The van der Waals surface area contributed by atoms with Crippen LogP contribution in [0, 0.1) is 25.7 Å². The maximum absolute atomic E-state index is 12.6. The van der Waals surface area contributed by atoms with Gasteiger partial charge in [-0.2, -0.15) is 10.1 Å². The van der Waals surface area contributed by atoms with Crippen molar-refractivity contribution in [2.24, 2.45) is 11.8 Å². The number of likely N-dealkylation sites (tertiary alicyclic amines) is 1. The van der Waals surface area contributed by atoms with Crippen molar-refractivity contribution in [1.29, 1.82) is 0 Å². The fourth-order valence-corrected chi connectivity index (χ4v) is 4.82. The van der Waals surface area contributed by atoms with Crippen molar-refractivity contribution in [3.05, 3.63) is 29.7 Å². The van der Waals surface area contributed by atoms with Gasteiger partial charge in [-0.3, -0.25) is 14.3 Å². The van der Waals surface area contributed by atoms with Gasteiger partial charge in [0.15, 0.2) is 5.82 Å². The Balaban J connectivity index is 1.49. The van der Waals surface area contributed by atoms with Gasteiger partial charge in [-0.15, -0.1) is 0 Å². The van der Waals surface area contributed by atoms with Gasteiger partial charge in [0, 0.05) is 31.2 Å². The second-order valence-corrected chi connectivity index (χ2v) is 8.73. The SMILES string of the molecule is Cc1ccn(CC(=O)N[C@@H]2C[C@H]3CN(C(=O)C(C)C)C[C@@]3(c3nc(C)no3)C2)n1. The zero-order chi connectivity index (χ0) is 20.8. The molecular formula is C20H28N6O3. The fraction of sp³-hybridized carbons (Fsp3) is 0.650. The smallest absolute Gasteiger partial charge is 0.241 e. The molecule has 1 aliphatic carbocycles. The molecule has 3 heterocycles. The van der Waals surface area contributed by atoms with Crippen LogP contribution >= 0.6 is 0 Å². The first kappa shape index (κ1) is 19.6. The van der Waals surface area contributed by atoms with Gasteiger partial charge in [-0.25, -0.2) is 0 Å². The average molecular weight is 400 g/mol. The molecule has 2 amide bonds. The highest BCUT2D eigenvalue weighted by molar-refractivity contribution is 5.79. The van der Waals surface area contributed by atoms with Crippen molar-refractivity contribution < 1.29 is 14.1 Å². The molecule has 2 fully saturated rings. The summed E-state index contributed by atoms with van der Waals surface area (Å²) in [6.45, 7) is 8.93. The van der Waals surface area contributed by atoms with Crippen molar-refractivity contribution in [3.63, 3.8) is 0 Å². The van der Waals surface area contributed by atoms with Crippen molar-refractivity contribution in [2.45, 2.75) is 58.5 Å². The van der Waals surface area contributed by atoms with Crippen LogP contribution in [0.15, 0.2) is 16.8 Å². The molecule has 9 nitrogen and oxygen atoms in total. The fourth-order valence-electron chi connectivity index (χ4n) is 4.82. The number of aromatic nitrogens is 4. The minimum atomic E-state index is -0.397. The lowest BCUT2D eigenvalue weighted by atomic mass is 9.80. The number of rotatable bonds is 5. The van der Waals surface area contributed by atoms with E-state index < -0.39 is 5.41 Å². The quantitative estimate of drug-likeness (QED) is 0.809. The molecule has 156 valence electrons. The third-order valence-electron chi connectivity index (χ3n) is 6.08. The van der Waals surface area contributed by atoms with Crippen molar-refractivity contribution in [1.82, 2.24) is 30.1 Å². The third-order valence-corrected chi connectivity index (χ3v) is 6.08. The van der Waals surface area contributed by atoms with E-state index in [9.17, 15) is 9.59 Å². The third kappa shape index (κ3) is 3.65. The van der Waals surface area contributed by atoms with Gasteiger partial charge in [0.25, 0.3) is 0 Å². The number of carbonyl (C=O) groups excluding carboxylic acids is 2. The van der Waals surface area contributed by atoms with E-state index in [-0.39, 0.29) is 36.2 Å². The monoisotopic (exact) mass is 400 g/mol. The number of nitrogens with one attached hydrogen (secondary N) is 1. The van der Waals surface area contributed by atoms with Crippen LogP contribution in [-0.4, -0.2) is 55.8 Å². The Hall–Kier alpha value is -2.71. The van der Waals surface area contributed by atoms with Crippen LogP contribution in [0.2, 0.25) is 0 Å². The lowest BCUT2D eigenvalue weighted by Gasteiger charge is -2.26. The molecule has 2 aliphatic rings. The summed E-state index contributed by atoms with van der Waals surface area (Å²) >= 11 is 0. The molecule has 0 unspecified atom stereocenters. The van der Waals surface area contributed by atoms with Gasteiger partial charge in [0.05, 0.1) is 11.1 Å². The van der Waals surface area contributed by atoms with Crippen molar-refractivity contribution in [2.75, 3.05) is 13.1 Å². The molecule has 3 atom stereocenters. The molecule has 1 aliphatic heterocycles. The minimum Gasteiger partial charge on any atom is -0.352 e. The Labute approximate surface area is 169 Å². The van der Waals surface area contributed by atoms with Gasteiger partial charge in [-0.05, 0) is 38.7 Å². The van der Waals surface area contributed by atoms with Crippen molar-refractivity contribution >= 4 is 11.8 Å². The van der Waals surface area contributed by atoms with Gasteiger partial charge < -0.3 is 14.7 Å². The predicted molar refractivity (Wildman–Crippen MR) is 104 cm³/mol. The Bertz CT molecular complexity index is 919. The maximum Gasteiger partial charge on any atom is 0.241 e. The summed E-state index contributed by atoms with van der Waals surface area (Å²) in [5.74, 6) is 1.38. The molecule has 0 spiro atoms. The molecule has 1 N–H and O–H groups in total. The van der Waals surface area contributed by atoms with Crippen LogP contribution in [-0.2, 0) is 21.5 Å². The highest BCUT2D eigenvalue weighted by Gasteiger charge is 2.58. The molecule has 2 aromatic heterocycles. The van der Waals surface area contributed by atoms with Crippen LogP contribution < -0.4 is 5.32 Å². The summed E-state index contributed by atoms with van der Waals surface area (Å²) in [7, 11) is 0. The molecule has 0 radical (unpaired) electrons. The van der Waals surface area contributed by atoms with E-state index in [1.807, 2.05) is 31.7 Å². The van der Waals surface area contributed by atoms with Crippen LogP contribution in [0.1, 0.15) is 44.1 Å². The molecule has 9 heteroatoms. The zero-order valence-electron chi connectivity index (χ0n) is 17.4. The maximum atomic E-state index is 12.6. The summed E-state index contributed by atoms with van der Waals surface area (Å²) in [6.07, 6.45) is 3.27. The van der Waals surface area contributed by atoms with E-state index >= 15 is 0 Å². The van der Waals surface area contributed by atoms with Crippen LogP contribution in [0.5, 0.6) is 0 Å². The standard InChI is InChI=1S/C20H28N6O3/c1-12(2)18(28)25-9-15-7-16(22-17(27)10-26-6-5-13(3)23-26)8-20(15,11-25)19-21-14(4)24-29-19/h5-6,12,15-16H,7-11H2,1-4H3,(H,22,27)/t15-,16+,20-/m0/s1. The largest absolute Gasteiger partial charge is 0.352 e. The first-order valence-corrected chi connectivity index (χ1v) is 10.2. The number of hydrogen-bond donors (Lipinski definition) is 1. The molecule has 29 heavy (non-hydrogen) atoms. The lowest BCUT2D eigenvalue weighted by Crippen LogP contribution is -2.41. The number of carbonyl (C=O) groups is 2. The second-order valence-electron chi connectivity index (χ2n) is 8.73. The highest BCUT2D eigenvalue weighted by atomic mass is 16.5. The van der Waals surface area contributed by atoms with Crippen LogP contribution in [0.3, 0.4) is 0 Å². The summed E-state index contributed by atoms with van der Waals surface area (Å²) in [4.78, 5) is 31.5. The summed E-state index contributed by atoms with van der Waals surface area (Å²) < 4.78 is 7.21. The van der Waals surface area contributed by atoms with E-state index in [0.717, 1.165) is 12.1 Å². The first-order valence-electron chi connectivity index (χ1n) is 10.2. The molecule has 2 aromatic rings. The van der Waals surface area contributed by atoms with Gasteiger partial charge >= 0.3 is 0 Å². The second kappa shape index (κ2) is 7.27. The topological polar surface area (TPSA) is 106 Å². The number of hydrogen-bond acceptors (Lipinski definition) is 6. The molecule has 4 rings (SSSR count). The van der Waals surface area contributed by atoms with E-state index in [1.54, 1.807) is 17.8 Å². The molecular weight excluding hydrogens is 372 g/mol. The van der Waals surface area contributed by atoms with Gasteiger partial charge in [-0.1, -0.05) is 19.0 Å². The predicted octanol–water partition coefficient (Wildman–Crippen LogP) is 1.21. The van der Waals surface area contributed by atoms with E-state index in [4.69, 9.17) is 4.52 Å². The number of amides is 2. The molecule has 0 aromatic carbocycles. The Kier molecular flexibility index (Phi) is 4.92. The molecule has 0 bridgehead atoms. The number of nitrogens with zero attached hydrogens (tertiary/aromatic N) is 5. The lowest BCUT2D eigenvalue weighted by molar-refractivity contribution is -0.134. The van der Waals surface area contributed by atoms with Gasteiger partial charge in [0.1, 0.15) is 6.54 Å². The summed E-state index contributed by atoms with van der Waals surface area (Å²) in [6, 6.07) is 1.88. The Morgan fingerprint density at radius 2 is 2.17 bits per heavy atom. The van der Waals surface area contributed by atoms with Crippen LogP contribution in [0.25, 0.3) is 0 Å². The molecule has 1 saturated heterocycles. The average Bonchev–Trinajstić information content (AvgIpc) is 3.38. The van der Waals surface area contributed by atoms with Gasteiger partial charge in [0.2, 0.25) is 17.7 Å². The number of fused-ring (bicyclic) bond motifs is 1. The minimum absolute atomic E-state index is 0.00710. The van der Waals surface area contributed by atoms with E-state index in [0.29, 0.717) is 31.2 Å². The zero-order valence-corrected chi connectivity index (χ0v) is 17.4. The normalized spacial score (nSPS) is 26.2. The van der Waals surface area contributed by atoms with E-state index in [2.05, 4.69) is 20.6 Å². The van der Waals surface area contributed by atoms with E-state index in [1.165, 1.54) is 0 Å². The Morgan fingerprint density at radius 1 is 1.38 bits per heavy atom. The van der Waals surface area contributed by atoms with Crippen LogP contribution in [0.4, 0.5) is 0 Å².